The maximum absolute atomic E-state index is 12.0. The maximum atomic E-state index is 12.0. The molecule has 1 amide bonds. The van der Waals surface area contributed by atoms with Crippen molar-refractivity contribution in [3.63, 3.8) is 0 Å². The molecule has 2 aromatic carbocycles. The largest absolute Gasteiger partial charge is 0.469 e. The smallest absolute Gasteiger partial charge is 0.306 e. The van der Waals surface area contributed by atoms with Gasteiger partial charge in [0.05, 0.1) is 19.2 Å². The predicted octanol–water partition coefficient (Wildman–Crippen LogP) is 4.09. The van der Waals surface area contributed by atoms with Crippen LogP contribution in [0.2, 0.25) is 0 Å². The summed E-state index contributed by atoms with van der Waals surface area (Å²) in [5.41, 5.74) is 3.23. The van der Waals surface area contributed by atoms with Gasteiger partial charge in [-0.25, -0.2) is 9.97 Å². The fraction of sp³-hybridized carbons (Fsp3) is 0.182. The first-order chi connectivity index (χ1) is 14.0. The Morgan fingerprint density at radius 1 is 0.931 bits per heavy atom. The van der Waals surface area contributed by atoms with Gasteiger partial charge in [-0.1, -0.05) is 36.4 Å². The molecule has 0 fully saturated rings. The molecule has 0 spiro atoms. The zero-order valence-electron chi connectivity index (χ0n) is 16.3. The van der Waals surface area contributed by atoms with E-state index >= 15 is 0 Å². The van der Waals surface area contributed by atoms with Crippen molar-refractivity contribution in [1.29, 1.82) is 0 Å². The van der Waals surface area contributed by atoms with Gasteiger partial charge in [-0.05, 0) is 25.1 Å². The molecular weight excluding hydrogens is 368 g/mol. The Hall–Kier alpha value is -3.74. The second kappa shape index (κ2) is 9.45. The molecule has 1 aromatic heterocycles. The van der Waals surface area contributed by atoms with Gasteiger partial charge in [-0.3, -0.25) is 9.59 Å². The quantitative estimate of drug-likeness (QED) is 0.590. The first-order valence-electron chi connectivity index (χ1n) is 9.18. The lowest BCUT2D eigenvalue weighted by Crippen LogP contribution is -2.14. The molecule has 0 radical (unpaired) electrons. The van der Waals surface area contributed by atoms with Crippen LogP contribution in [0.4, 0.5) is 17.2 Å². The van der Waals surface area contributed by atoms with Gasteiger partial charge in [0, 0.05) is 29.4 Å². The topological polar surface area (TPSA) is 93.2 Å². The average molecular weight is 390 g/mol. The Bertz CT molecular complexity index is 1010. The number of ether oxygens (including phenoxy) is 1. The first-order valence-corrected chi connectivity index (χ1v) is 9.18. The predicted molar refractivity (Wildman–Crippen MR) is 112 cm³/mol. The minimum Gasteiger partial charge on any atom is -0.469 e. The Kier molecular flexibility index (Phi) is 6.52. The lowest BCUT2D eigenvalue weighted by molar-refractivity contribution is -0.141. The Balaban J connectivity index is 1.71. The maximum Gasteiger partial charge on any atom is 0.306 e. The van der Waals surface area contributed by atoms with Crippen LogP contribution in [0.1, 0.15) is 18.7 Å². The minimum absolute atomic E-state index is 0.0444. The van der Waals surface area contributed by atoms with E-state index in [-0.39, 0.29) is 18.7 Å². The molecule has 0 saturated carbocycles. The molecule has 1 heterocycles. The molecule has 0 saturated heterocycles. The number of aromatic nitrogens is 2. The van der Waals surface area contributed by atoms with E-state index in [9.17, 15) is 9.59 Å². The molecule has 0 unspecified atom stereocenters. The van der Waals surface area contributed by atoms with Gasteiger partial charge in [-0.15, -0.1) is 0 Å². The number of carbonyl (C=O) groups is 2. The summed E-state index contributed by atoms with van der Waals surface area (Å²) in [5, 5.41) is 6.03. The van der Waals surface area contributed by atoms with Crippen molar-refractivity contribution < 1.29 is 14.3 Å². The zero-order chi connectivity index (χ0) is 20.6. The van der Waals surface area contributed by atoms with Crippen LogP contribution in [0.3, 0.4) is 0 Å². The summed E-state index contributed by atoms with van der Waals surface area (Å²) < 4.78 is 4.55. The van der Waals surface area contributed by atoms with E-state index in [1.807, 2.05) is 55.5 Å². The highest BCUT2D eigenvalue weighted by molar-refractivity contribution is 5.93. The highest BCUT2D eigenvalue weighted by Gasteiger charge is 2.08. The molecule has 0 aliphatic rings. The third kappa shape index (κ3) is 5.87. The average Bonchev–Trinajstić information content (AvgIpc) is 2.72. The van der Waals surface area contributed by atoms with E-state index in [0.29, 0.717) is 17.3 Å². The summed E-state index contributed by atoms with van der Waals surface area (Å²) in [4.78, 5) is 32.1. The number of carbonyl (C=O) groups excluding carboxylic acids is 2. The van der Waals surface area contributed by atoms with Crippen molar-refractivity contribution in [2.45, 2.75) is 19.8 Å². The van der Waals surface area contributed by atoms with Crippen molar-refractivity contribution in [2.24, 2.45) is 0 Å². The molecule has 29 heavy (non-hydrogen) atoms. The molecule has 148 valence electrons. The monoisotopic (exact) mass is 390 g/mol. The number of aryl methyl sites for hydroxylation is 1. The van der Waals surface area contributed by atoms with E-state index in [2.05, 4.69) is 25.3 Å². The van der Waals surface area contributed by atoms with Crippen molar-refractivity contribution in [2.75, 3.05) is 17.7 Å². The van der Waals surface area contributed by atoms with Crippen LogP contribution < -0.4 is 10.6 Å². The summed E-state index contributed by atoms with van der Waals surface area (Å²) in [6.45, 7) is 1.84. The number of amides is 1. The summed E-state index contributed by atoms with van der Waals surface area (Å²) in [6, 6.07) is 19.0. The van der Waals surface area contributed by atoms with Gasteiger partial charge in [-0.2, -0.15) is 0 Å². The number of nitrogens with zero attached hydrogens (tertiary/aromatic N) is 2. The van der Waals surface area contributed by atoms with Gasteiger partial charge < -0.3 is 15.4 Å². The number of rotatable bonds is 7. The van der Waals surface area contributed by atoms with Crippen molar-refractivity contribution in [1.82, 2.24) is 9.97 Å². The Morgan fingerprint density at radius 2 is 1.69 bits per heavy atom. The summed E-state index contributed by atoms with van der Waals surface area (Å²) in [5.74, 6) is 0.646. The molecular formula is C22H22N4O3. The summed E-state index contributed by atoms with van der Waals surface area (Å²) in [6.07, 6.45) is 0.110. The standard InChI is InChI=1S/C22H22N4O3/c1-15-23-19(16-7-4-3-5-8-16)14-20(24-15)25-17-9-6-10-18(13-17)26-21(27)11-12-22(28)29-2/h3-10,13-14H,11-12H2,1-2H3,(H,26,27)(H,23,24,25). The third-order valence-corrected chi connectivity index (χ3v) is 4.11. The summed E-state index contributed by atoms with van der Waals surface area (Å²) >= 11 is 0. The number of benzene rings is 2. The van der Waals surface area contributed by atoms with Crippen molar-refractivity contribution in [3.05, 3.63) is 66.5 Å². The molecule has 2 N–H and O–H groups in total. The van der Waals surface area contributed by atoms with Crippen LogP contribution >= 0.6 is 0 Å². The highest BCUT2D eigenvalue weighted by Crippen LogP contribution is 2.23. The Labute approximate surface area is 169 Å². The van der Waals surface area contributed by atoms with Crippen LogP contribution in [0.15, 0.2) is 60.7 Å². The number of hydrogen-bond donors (Lipinski definition) is 2. The number of anilines is 3. The fourth-order valence-electron chi connectivity index (χ4n) is 2.75. The van der Waals surface area contributed by atoms with E-state index in [4.69, 9.17) is 0 Å². The van der Waals surface area contributed by atoms with Crippen LogP contribution in [-0.4, -0.2) is 29.0 Å². The number of nitrogens with one attached hydrogen (secondary N) is 2. The lowest BCUT2D eigenvalue weighted by atomic mass is 10.1. The molecule has 7 nitrogen and oxygen atoms in total. The van der Waals surface area contributed by atoms with Crippen LogP contribution in [0.25, 0.3) is 11.3 Å². The fourth-order valence-corrected chi connectivity index (χ4v) is 2.75. The van der Waals surface area contributed by atoms with Crippen LogP contribution in [0, 0.1) is 6.92 Å². The van der Waals surface area contributed by atoms with Gasteiger partial charge in [0.25, 0.3) is 0 Å². The third-order valence-electron chi connectivity index (χ3n) is 4.11. The van der Waals surface area contributed by atoms with Gasteiger partial charge in [0.1, 0.15) is 11.6 Å². The molecule has 3 rings (SSSR count). The van der Waals surface area contributed by atoms with E-state index < -0.39 is 5.97 Å². The van der Waals surface area contributed by atoms with Gasteiger partial charge in [0.15, 0.2) is 0 Å². The van der Waals surface area contributed by atoms with E-state index in [1.165, 1.54) is 7.11 Å². The molecule has 0 bridgehead atoms. The van der Waals surface area contributed by atoms with Crippen LogP contribution in [0.5, 0.6) is 0 Å². The molecule has 7 heteroatoms. The SMILES string of the molecule is COC(=O)CCC(=O)Nc1cccc(Nc2cc(-c3ccccc3)nc(C)n2)c1. The molecule has 3 aromatic rings. The summed E-state index contributed by atoms with van der Waals surface area (Å²) in [7, 11) is 1.30. The van der Waals surface area contributed by atoms with Crippen molar-refractivity contribution >= 4 is 29.1 Å². The molecule has 0 atom stereocenters. The normalized spacial score (nSPS) is 10.3. The lowest BCUT2D eigenvalue weighted by Gasteiger charge is -2.11. The van der Waals surface area contributed by atoms with Crippen LogP contribution in [-0.2, 0) is 14.3 Å². The molecule has 0 aliphatic heterocycles. The first kappa shape index (κ1) is 20.0. The second-order valence-electron chi connectivity index (χ2n) is 6.38. The second-order valence-corrected chi connectivity index (χ2v) is 6.38. The number of hydrogen-bond acceptors (Lipinski definition) is 6. The number of esters is 1. The highest BCUT2D eigenvalue weighted by atomic mass is 16.5. The Morgan fingerprint density at radius 3 is 2.45 bits per heavy atom. The van der Waals surface area contributed by atoms with E-state index in [1.54, 1.807) is 12.1 Å². The zero-order valence-corrected chi connectivity index (χ0v) is 16.3. The van der Waals surface area contributed by atoms with Crippen molar-refractivity contribution in [3.8, 4) is 11.3 Å². The van der Waals surface area contributed by atoms with Gasteiger partial charge >= 0.3 is 5.97 Å². The number of methoxy groups -OCH3 is 1. The molecule has 0 aliphatic carbocycles. The van der Waals surface area contributed by atoms with E-state index in [0.717, 1.165) is 16.9 Å². The minimum atomic E-state index is -0.413. The van der Waals surface area contributed by atoms with Gasteiger partial charge in [0.2, 0.25) is 5.91 Å².